The molecular weight excluding hydrogens is 469 g/mol. The van der Waals surface area contributed by atoms with Crippen LogP contribution in [-0.2, 0) is 0 Å². The van der Waals surface area contributed by atoms with Crippen LogP contribution in [0.25, 0.3) is 11.0 Å². The Balaban J connectivity index is 1.50. The third-order valence-electron chi connectivity index (χ3n) is 5.41. The van der Waals surface area contributed by atoms with Crippen molar-refractivity contribution in [1.29, 1.82) is 0 Å². The Bertz CT molecular complexity index is 1010. The molecular formula is C21H22IN3O3. The summed E-state index contributed by atoms with van der Waals surface area (Å²) in [5.74, 6) is 1.69. The standard InChI is InChI=1S/C21H22IN3O3/c1-27-18-10-15(17(22)11-19(18)28-2)21(26)25-8-5-13(6-9-25)16-12-24-20-14(16)4-3-7-23-20/h3-4,7,10-13H,5-6,8-9H2,1-2H3,(H,23,24). The SMILES string of the molecule is COc1cc(I)c(C(=O)N2CCC(c3c[nH]c4ncccc34)CC2)cc1OC. The number of H-pyrrole nitrogens is 1. The molecule has 1 aliphatic rings. The Morgan fingerprint density at radius 1 is 1.21 bits per heavy atom. The zero-order chi connectivity index (χ0) is 19.7. The Hall–Kier alpha value is -2.29. The summed E-state index contributed by atoms with van der Waals surface area (Å²) < 4.78 is 11.6. The van der Waals surface area contributed by atoms with Gasteiger partial charge >= 0.3 is 0 Å². The molecule has 1 aromatic carbocycles. The lowest BCUT2D eigenvalue weighted by molar-refractivity contribution is 0.0712. The van der Waals surface area contributed by atoms with E-state index in [1.165, 1.54) is 10.9 Å². The topological polar surface area (TPSA) is 67.5 Å². The van der Waals surface area contributed by atoms with E-state index in [4.69, 9.17) is 9.47 Å². The lowest BCUT2D eigenvalue weighted by Crippen LogP contribution is -2.38. The smallest absolute Gasteiger partial charge is 0.255 e. The first-order chi connectivity index (χ1) is 13.6. The molecule has 0 bridgehead atoms. The van der Waals surface area contributed by atoms with E-state index < -0.39 is 0 Å². The highest BCUT2D eigenvalue weighted by Gasteiger charge is 2.27. The van der Waals surface area contributed by atoms with E-state index in [0.29, 0.717) is 23.0 Å². The number of halogens is 1. The van der Waals surface area contributed by atoms with Crippen LogP contribution >= 0.6 is 22.6 Å². The Kier molecular flexibility index (Phi) is 5.43. The van der Waals surface area contributed by atoms with Crippen LogP contribution in [0.1, 0.15) is 34.7 Å². The molecule has 1 fully saturated rings. The van der Waals surface area contributed by atoms with Crippen LogP contribution in [0.3, 0.4) is 0 Å². The van der Waals surface area contributed by atoms with Crippen molar-refractivity contribution < 1.29 is 14.3 Å². The van der Waals surface area contributed by atoms with Gasteiger partial charge in [0, 0.05) is 34.4 Å². The fraction of sp³-hybridized carbons (Fsp3) is 0.333. The molecule has 7 heteroatoms. The molecule has 0 saturated carbocycles. The van der Waals surface area contributed by atoms with Crippen molar-refractivity contribution in [2.75, 3.05) is 27.3 Å². The number of nitrogens with zero attached hydrogens (tertiary/aromatic N) is 2. The summed E-state index contributed by atoms with van der Waals surface area (Å²) in [7, 11) is 3.18. The number of carbonyl (C=O) groups excluding carboxylic acids is 1. The number of fused-ring (bicyclic) bond motifs is 1. The summed E-state index contributed by atoms with van der Waals surface area (Å²) in [6, 6.07) is 7.70. The second-order valence-corrected chi connectivity index (χ2v) is 8.06. The van der Waals surface area contributed by atoms with Crippen molar-refractivity contribution >= 4 is 39.5 Å². The highest BCUT2D eigenvalue weighted by Crippen LogP contribution is 2.35. The number of piperidine rings is 1. The van der Waals surface area contributed by atoms with Crippen LogP contribution in [-0.4, -0.2) is 48.1 Å². The summed E-state index contributed by atoms with van der Waals surface area (Å²) in [6.45, 7) is 1.47. The van der Waals surface area contributed by atoms with E-state index in [9.17, 15) is 4.79 Å². The van der Waals surface area contributed by atoms with Gasteiger partial charge in [-0.1, -0.05) is 0 Å². The minimum atomic E-state index is 0.0457. The van der Waals surface area contributed by atoms with Gasteiger partial charge in [-0.25, -0.2) is 4.98 Å². The predicted molar refractivity (Wildman–Crippen MR) is 116 cm³/mol. The number of nitrogens with one attached hydrogen (secondary N) is 1. The van der Waals surface area contributed by atoms with Gasteiger partial charge in [0.15, 0.2) is 11.5 Å². The van der Waals surface area contributed by atoms with Crippen molar-refractivity contribution in [3.8, 4) is 11.5 Å². The minimum Gasteiger partial charge on any atom is -0.493 e. The van der Waals surface area contributed by atoms with Crippen LogP contribution in [0.4, 0.5) is 0 Å². The molecule has 1 saturated heterocycles. The van der Waals surface area contributed by atoms with Crippen molar-refractivity contribution in [3.63, 3.8) is 0 Å². The highest BCUT2D eigenvalue weighted by molar-refractivity contribution is 14.1. The molecule has 4 rings (SSSR count). The number of hydrogen-bond acceptors (Lipinski definition) is 4. The van der Waals surface area contributed by atoms with Gasteiger partial charge in [-0.05, 0) is 71.2 Å². The molecule has 0 unspecified atom stereocenters. The summed E-state index contributed by atoms with van der Waals surface area (Å²) in [4.78, 5) is 22.7. The largest absolute Gasteiger partial charge is 0.493 e. The van der Waals surface area contributed by atoms with E-state index in [1.807, 2.05) is 17.0 Å². The van der Waals surface area contributed by atoms with Gasteiger partial charge in [0.25, 0.3) is 5.91 Å². The Morgan fingerprint density at radius 3 is 2.64 bits per heavy atom. The normalized spacial score (nSPS) is 15.0. The van der Waals surface area contributed by atoms with Crippen LogP contribution in [0.2, 0.25) is 0 Å². The lowest BCUT2D eigenvalue weighted by Gasteiger charge is -2.32. The number of hydrogen-bond donors (Lipinski definition) is 1. The van der Waals surface area contributed by atoms with E-state index in [0.717, 1.165) is 35.1 Å². The second-order valence-electron chi connectivity index (χ2n) is 6.90. The number of carbonyl (C=O) groups is 1. The Labute approximate surface area is 177 Å². The number of aromatic nitrogens is 2. The highest BCUT2D eigenvalue weighted by atomic mass is 127. The maximum atomic E-state index is 13.1. The predicted octanol–water partition coefficient (Wildman–Crippen LogP) is 4.20. The molecule has 0 spiro atoms. The molecule has 1 amide bonds. The van der Waals surface area contributed by atoms with Gasteiger partial charge in [-0.15, -0.1) is 0 Å². The summed E-state index contributed by atoms with van der Waals surface area (Å²) >= 11 is 2.18. The van der Waals surface area contributed by atoms with E-state index in [-0.39, 0.29) is 5.91 Å². The van der Waals surface area contributed by atoms with Gasteiger partial charge < -0.3 is 19.4 Å². The molecule has 0 radical (unpaired) electrons. The van der Waals surface area contributed by atoms with Crippen LogP contribution < -0.4 is 9.47 Å². The molecule has 3 heterocycles. The van der Waals surface area contributed by atoms with Crippen molar-refractivity contribution in [2.24, 2.45) is 0 Å². The first-order valence-corrected chi connectivity index (χ1v) is 10.3. The van der Waals surface area contributed by atoms with Gasteiger partial charge in [-0.2, -0.15) is 0 Å². The number of aromatic amines is 1. The van der Waals surface area contributed by atoms with Gasteiger partial charge in [0.1, 0.15) is 5.65 Å². The zero-order valence-corrected chi connectivity index (χ0v) is 18.0. The number of rotatable bonds is 4. The van der Waals surface area contributed by atoms with Crippen LogP contribution in [0.15, 0.2) is 36.7 Å². The third kappa shape index (κ3) is 3.43. The number of benzene rings is 1. The van der Waals surface area contributed by atoms with Gasteiger partial charge in [0.2, 0.25) is 0 Å². The fourth-order valence-electron chi connectivity index (χ4n) is 3.90. The second kappa shape index (κ2) is 7.98. The van der Waals surface area contributed by atoms with E-state index >= 15 is 0 Å². The number of amides is 1. The molecule has 3 aromatic rings. The molecule has 1 N–H and O–H groups in total. The maximum absolute atomic E-state index is 13.1. The average Bonchev–Trinajstić information content (AvgIpc) is 3.17. The molecule has 1 aliphatic heterocycles. The van der Waals surface area contributed by atoms with Crippen molar-refractivity contribution in [2.45, 2.75) is 18.8 Å². The van der Waals surface area contributed by atoms with Crippen molar-refractivity contribution in [1.82, 2.24) is 14.9 Å². The quantitative estimate of drug-likeness (QED) is 0.556. The van der Waals surface area contributed by atoms with E-state index in [1.54, 1.807) is 26.5 Å². The fourth-order valence-corrected chi connectivity index (χ4v) is 4.57. The molecule has 0 atom stereocenters. The van der Waals surface area contributed by atoms with Gasteiger partial charge in [0.05, 0.1) is 19.8 Å². The Morgan fingerprint density at radius 2 is 1.93 bits per heavy atom. The van der Waals surface area contributed by atoms with Crippen molar-refractivity contribution in [3.05, 3.63) is 51.4 Å². The van der Waals surface area contributed by atoms with E-state index in [2.05, 4.69) is 44.8 Å². The molecule has 0 aliphatic carbocycles. The number of ether oxygens (including phenoxy) is 2. The first-order valence-electron chi connectivity index (χ1n) is 9.25. The number of methoxy groups -OCH3 is 2. The third-order valence-corrected chi connectivity index (χ3v) is 6.30. The monoisotopic (exact) mass is 491 g/mol. The number of likely N-dealkylation sites (tertiary alicyclic amines) is 1. The van der Waals surface area contributed by atoms with Gasteiger partial charge in [-0.3, -0.25) is 4.79 Å². The molecule has 28 heavy (non-hydrogen) atoms. The molecule has 2 aromatic heterocycles. The number of pyridine rings is 1. The average molecular weight is 491 g/mol. The first kappa shape index (κ1) is 19.0. The summed E-state index contributed by atoms with van der Waals surface area (Å²) in [5.41, 5.74) is 2.89. The minimum absolute atomic E-state index is 0.0457. The summed E-state index contributed by atoms with van der Waals surface area (Å²) in [6.07, 6.45) is 5.75. The zero-order valence-electron chi connectivity index (χ0n) is 15.9. The summed E-state index contributed by atoms with van der Waals surface area (Å²) in [5, 5.41) is 1.18. The maximum Gasteiger partial charge on any atom is 0.255 e. The van der Waals surface area contributed by atoms with Crippen LogP contribution in [0, 0.1) is 3.57 Å². The lowest BCUT2D eigenvalue weighted by atomic mass is 9.89. The van der Waals surface area contributed by atoms with Crippen LogP contribution in [0.5, 0.6) is 11.5 Å². The molecule has 6 nitrogen and oxygen atoms in total. The molecule has 146 valence electrons.